The van der Waals surface area contributed by atoms with E-state index in [9.17, 15) is 8.78 Å². The lowest BCUT2D eigenvalue weighted by Gasteiger charge is -2.30. The van der Waals surface area contributed by atoms with Gasteiger partial charge in [-0.15, -0.1) is 0 Å². The van der Waals surface area contributed by atoms with E-state index < -0.39 is 11.6 Å². The molecular weight excluding hydrogens is 312 g/mol. The molecule has 0 aromatic heterocycles. The summed E-state index contributed by atoms with van der Waals surface area (Å²) in [5, 5.41) is 3.06. The van der Waals surface area contributed by atoms with Crippen LogP contribution in [0.4, 0.5) is 14.5 Å². The second kappa shape index (κ2) is 4.93. The van der Waals surface area contributed by atoms with Crippen LogP contribution < -0.4 is 5.32 Å². The lowest BCUT2D eigenvalue weighted by Crippen LogP contribution is -2.24. The average molecular weight is 324 g/mol. The quantitative estimate of drug-likeness (QED) is 0.878. The molecule has 3 rings (SSSR count). The molecule has 0 radical (unpaired) electrons. The van der Waals surface area contributed by atoms with Gasteiger partial charge in [0, 0.05) is 23.0 Å². The molecule has 1 aliphatic rings. The van der Waals surface area contributed by atoms with E-state index in [1.54, 1.807) is 0 Å². The van der Waals surface area contributed by atoms with Crippen molar-refractivity contribution < 1.29 is 8.78 Å². The maximum atomic E-state index is 13.6. The van der Waals surface area contributed by atoms with Gasteiger partial charge in [-0.25, -0.2) is 8.78 Å². The standard InChI is InChI=1S/C15H12BrF2N/c16-13-6-11(17)7-14(18)15(13)19-8-10-5-9-3-1-2-4-12(9)10/h1-4,6-7,10,19H,5,8H2. The summed E-state index contributed by atoms with van der Waals surface area (Å²) < 4.78 is 27.0. The molecule has 0 bridgehead atoms. The van der Waals surface area contributed by atoms with Crippen LogP contribution in [0.15, 0.2) is 40.9 Å². The van der Waals surface area contributed by atoms with Gasteiger partial charge in [0.2, 0.25) is 0 Å². The lowest BCUT2D eigenvalue weighted by molar-refractivity contribution is 0.580. The Hall–Kier alpha value is -1.42. The van der Waals surface area contributed by atoms with E-state index >= 15 is 0 Å². The van der Waals surface area contributed by atoms with Gasteiger partial charge < -0.3 is 5.32 Å². The summed E-state index contributed by atoms with van der Waals surface area (Å²) in [6.07, 6.45) is 1.00. The van der Waals surface area contributed by atoms with Gasteiger partial charge in [0.25, 0.3) is 0 Å². The highest BCUT2D eigenvalue weighted by molar-refractivity contribution is 9.10. The molecule has 0 amide bonds. The minimum Gasteiger partial charge on any atom is -0.381 e. The first-order valence-electron chi connectivity index (χ1n) is 6.11. The fraction of sp³-hybridized carbons (Fsp3) is 0.200. The zero-order valence-electron chi connectivity index (χ0n) is 10.1. The molecule has 0 heterocycles. The van der Waals surface area contributed by atoms with Crippen molar-refractivity contribution in [3.8, 4) is 0 Å². The second-order valence-electron chi connectivity index (χ2n) is 4.73. The van der Waals surface area contributed by atoms with Crippen LogP contribution in [0.3, 0.4) is 0 Å². The van der Waals surface area contributed by atoms with Crippen LogP contribution in [0.25, 0.3) is 0 Å². The number of fused-ring (bicyclic) bond motifs is 1. The van der Waals surface area contributed by atoms with Crippen molar-refractivity contribution in [2.45, 2.75) is 12.3 Å². The third-order valence-corrected chi connectivity index (χ3v) is 4.12. The number of hydrogen-bond donors (Lipinski definition) is 1. The number of anilines is 1. The Morgan fingerprint density at radius 3 is 2.74 bits per heavy atom. The molecule has 0 fully saturated rings. The summed E-state index contributed by atoms with van der Waals surface area (Å²) in [6.45, 7) is 0.651. The van der Waals surface area contributed by atoms with E-state index in [0.717, 1.165) is 12.5 Å². The number of hydrogen-bond acceptors (Lipinski definition) is 1. The maximum absolute atomic E-state index is 13.6. The zero-order valence-corrected chi connectivity index (χ0v) is 11.7. The monoisotopic (exact) mass is 323 g/mol. The minimum atomic E-state index is -0.580. The highest BCUT2D eigenvalue weighted by atomic mass is 79.9. The first kappa shape index (κ1) is 12.6. The molecule has 1 nitrogen and oxygen atoms in total. The third kappa shape index (κ3) is 2.37. The number of benzene rings is 2. The van der Waals surface area contributed by atoms with Gasteiger partial charge in [0.1, 0.15) is 11.6 Å². The SMILES string of the molecule is Fc1cc(F)c(NCC2Cc3ccccc32)c(Br)c1. The Bertz CT molecular complexity index is 604. The number of nitrogens with one attached hydrogen (secondary N) is 1. The van der Waals surface area contributed by atoms with Crippen LogP contribution in [0.2, 0.25) is 0 Å². The van der Waals surface area contributed by atoms with Crippen LogP contribution in [-0.4, -0.2) is 6.54 Å². The number of rotatable bonds is 3. The van der Waals surface area contributed by atoms with Gasteiger partial charge in [-0.05, 0) is 39.5 Å². The van der Waals surface area contributed by atoms with Crippen molar-refractivity contribution in [2.75, 3.05) is 11.9 Å². The van der Waals surface area contributed by atoms with E-state index in [0.29, 0.717) is 22.6 Å². The summed E-state index contributed by atoms with van der Waals surface area (Å²) >= 11 is 3.18. The van der Waals surface area contributed by atoms with E-state index in [2.05, 4.69) is 33.4 Å². The Labute approximate surface area is 118 Å². The smallest absolute Gasteiger partial charge is 0.150 e. The van der Waals surface area contributed by atoms with Crippen molar-refractivity contribution in [1.82, 2.24) is 0 Å². The zero-order chi connectivity index (χ0) is 13.4. The Balaban J connectivity index is 1.72. The van der Waals surface area contributed by atoms with Gasteiger partial charge in [0.05, 0.1) is 5.69 Å². The third-order valence-electron chi connectivity index (χ3n) is 3.49. The first-order chi connectivity index (χ1) is 9.15. The predicted octanol–water partition coefficient (Wildman–Crippen LogP) is 4.48. The molecular formula is C15H12BrF2N. The van der Waals surface area contributed by atoms with Crippen LogP contribution >= 0.6 is 15.9 Å². The molecule has 4 heteroatoms. The van der Waals surface area contributed by atoms with Crippen molar-refractivity contribution in [1.29, 1.82) is 0 Å². The molecule has 1 aliphatic carbocycles. The van der Waals surface area contributed by atoms with Crippen molar-refractivity contribution in [2.24, 2.45) is 0 Å². The van der Waals surface area contributed by atoms with Gasteiger partial charge >= 0.3 is 0 Å². The van der Waals surface area contributed by atoms with Gasteiger partial charge in [0.15, 0.2) is 0 Å². The largest absolute Gasteiger partial charge is 0.381 e. The predicted molar refractivity (Wildman–Crippen MR) is 75.4 cm³/mol. The fourth-order valence-corrected chi connectivity index (χ4v) is 3.03. The molecule has 0 saturated carbocycles. The summed E-state index contributed by atoms with van der Waals surface area (Å²) in [7, 11) is 0. The second-order valence-corrected chi connectivity index (χ2v) is 5.58. The molecule has 98 valence electrons. The molecule has 0 saturated heterocycles. The van der Waals surface area contributed by atoms with E-state index in [1.807, 2.05) is 12.1 Å². The molecule has 1 N–H and O–H groups in total. The van der Waals surface area contributed by atoms with Crippen LogP contribution in [-0.2, 0) is 6.42 Å². The van der Waals surface area contributed by atoms with Gasteiger partial charge in [-0.3, -0.25) is 0 Å². The molecule has 19 heavy (non-hydrogen) atoms. The minimum absolute atomic E-state index is 0.325. The average Bonchev–Trinajstić information content (AvgIpc) is 2.33. The molecule has 1 unspecified atom stereocenters. The summed E-state index contributed by atoms with van der Waals surface area (Å²) in [5.74, 6) is -0.754. The summed E-state index contributed by atoms with van der Waals surface area (Å²) in [4.78, 5) is 0. The summed E-state index contributed by atoms with van der Waals surface area (Å²) in [6, 6.07) is 10.4. The van der Waals surface area contributed by atoms with Gasteiger partial charge in [-0.1, -0.05) is 24.3 Å². The van der Waals surface area contributed by atoms with Crippen LogP contribution in [0.5, 0.6) is 0 Å². The maximum Gasteiger partial charge on any atom is 0.150 e. The van der Waals surface area contributed by atoms with Gasteiger partial charge in [-0.2, -0.15) is 0 Å². The van der Waals surface area contributed by atoms with Crippen LogP contribution in [0.1, 0.15) is 17.0 Å². The van der Waals surface area contributed by atoms with Crippen molar-refractivity contribution in [3.05, 3.63) is 63.6 Å². The molecule has 2 aromatic rings. The van der Waals surface area contributed by atoms with E-state index in [1.165, 1.54) is 17.2 Å². The Kier molecular flexibility index (Phi) is 3.27. The van der Waals surface area contributed by atoms with Crippen molar-refractivity contribution in [3.63, 3.8) is 0 Å². The van der Waals surface area contributed by atoms with Crippen molar-refractivity contribution >= 4 is 21.6 Å². The topological polar surface area (TPSA) is 12.0 Å². The Morgan fingerprint density at radius 2 is 2.00 bits per heavy atom. The highest BCUT2D eigenvalue weighted by Crippen LogP contribution is 2.35. The van der Waals surface area contributed by atoms with E-state index in [-0.39, 0.29) is 0 Å². The normalized spacial score (nSPS) is 16.7. The first-order valence-corrected chi connectivity index (χ1v) is 6.90. The Morgan fingerprint density at radius 1 is 1.21 bits per heavy atom. The van der Waals surface area contributed by atoms with E-state index in [4.69, 9.17) is 0 Å². The number of halogens is 3. The molecule has 1 atom stereocenters. The molecule has 0 spiro atoms. The lowest BCUT2D eigenvalue weighted by atomic mass is 9.77. The molecule has 2 aromatic carbocycles. The summed E-state index contributed by atoms with van der Waals surface area (Å²) in [5.41, 5.74) is 2.99. The molecule has 0 aliphatic heterocycles. The van der Waals surface area contributed by atoms with Crippen LogP contribution in [0, 0.1) is 11.6 Å². The fourth-order valence-electron chi connectivity index (χ4n) is 2.48. The highest BCUT2D eigenvalue weighted by Gasteiger charge is 2.25.